The molecule has 0 aromatic heterocycles. The number of ether oxygens (including phenoxy) is 2. The number of hydrogen-bond acceptors (Lipinski definition) is 3. The SMILES string of the molecule is CCC(Oc1cc(C)cc(C)c1)C(=O)N1CCOCC1. The summed E-state index contributed by atoms with van der Waals surface area (Å²) in [5.41, 5.74) is 2.29. The van der Waals surface area contributed by atoms with Gasteiger partial charge in [0.25, 0.3) is 5.91 Å². The predicted molar refractivity (Wildman–Crippen MR) is 78.0 cm³/mol. The van der Waals surface area contributed by atoms with Crippen LogP contribution in [0.25, 0.3) is 0 Å². The van der Waals surface area contributed by atoms with Crippen LogP contribution < -0.4 is 4.74 Å². The number of aryl methyl sites for hydroxylation is 2. The normalized spacial score (nSPS) is 16.9. The molecule has 20 heavy (non-hydrogen) atoms. The lowest BCUT2D eigenvalue weighted by atomic mass is 10.1. The number of carbonyl (C=O) groups is 1. The van der Waals surface area contributed by atoms with Crippen LogP contribution in [0.4, 0.5) is 0 Å². The van der Waals surface area contributed by atoms with E-state index in [0.717, 1.165) is 16.9 Å². The Hall–Kier alpha value is -1.55. The molecule has 0 saturated carbocycles. The van der Waals surface area contributed by atoms with Gasteiger partial charge in [0.1, 0.15) is 5.75 Å². The van der Waals surface area contributed by atoms with Crippen molar-refractivity contribution < 1.29 is 14.3 Å². The van der Waals surface area contributed by atoms with E-state index in [9.17, 15) is 4.79 Å². The van der Waals surface area contributed by atoms with Crippen molar-refractivity contribution in [1.29, 1.82) is 0 Å². The largest absolute Gasteiger partial charge is 0.481 e. The number of benzene rings is 1. The number of nitrogens with zero attached hydrogens (tertiary/aromatic N) is 1. The van der Waals surface area contributed by atoms with Crippen LogP contribution in [0.1, 0.15) is 24.5 Å². The monoisotopic (exact) mass is 277 g/mol. The van der Waals surface area contributed by atoms with Crippen molar-refractivity contribution in [2.45, 2.75) is 33.3 Å². The first-order chi connectivity index (χ1) is 9.60. The average Bonchev–Trinajstić information content (AvgIpc) is 2.44. The molecule has 2 rings (SSSR count). The lowest BCUT2D eigenvalue weighted by molar-refractivity contribution is -0.142. The van der Waals surface area contributed by atoms with Gasteiger partial charge in [0, 0.05) is 13.1 Å². The minimum atomic E-state index is -0.408. The fraction of sp³-hybridized carbons (Fsp3) is 0.562. The third kappa shape index (κ3) is 3.73. The van der Waals surface area contributed by atoms with E-state index in [1.807, 2.05) is 37.8 Å². The number of rotatable bonds is 4. The van der Waals surface area contributed by atoms with Gasteiger partial charge in [-0.25, -0.2) is 0 Å². The van der Waals surface area contributed by atoms with Gasteiger partial charge in [0.15, 0.2) is 6.10 Å². The van der Waals surface area contributed by atoms with Crippen LogP contribution in [0.3, 0.4) is 0 Å². The Morgan fingerprint density at radius 2 is 1.85 bits per heavy atom. The third-order valence-electron chi connectivity index (χ3n) is 3.44. The Kier molecular flexibility index (Phi) is 5.01. The van der Waals surface area contributed by atoms with Crippen LogP contribution in [0, 0.1) is 13.8 Å². The highest BCUT2D eigenvalue weighted by Gasteiger charge is 2.26. The van der Waals surface area contributed by atoms with Gasteiger partial charge in [-0.1, -0.05) is 13.0 Å². The zero-order valence-corrected chi connectivity index (χ0v) is 12.5. The summed E-state index contributed by atoms with van der Waals surface area (Å²) in [5, 5.41) is 0. The van der Waals surface area contributed by atoms with Gasteiger partial charge in [-0.2, -0.15) is 0 Å². The Morgan fingerprint density at radius 1 is 1.25 bits per heavy atom. The fourth-order valence-corrected chi connectivity index (χ4v) is 2.46. The first-order valence-corrected chi connectivity index (χ1v) is 7.21. The Morgan fingerprint density at radius 3 is 2.40 bits per heavy atom. The standard InChI is InChI=1S/C16H23NO3/c1-4-15(16(18)17-5-7-19-8-6-17)20-14-10-12(2)9-13(3)11-14/h9-11,15H,4-8H2,1-3H3. The van der Waals surface area contributed by atoms with Crippen molar-refractivity contribution in [3.63, 3.8) is 0 Å². The van der Waals surface area contributed by atoms with E-state index in [2.05, 4.69) is 6.07 Å². The molecule has 0 aliphatic carbocycles. The quantitative estimate of drug-likeness (QED) is 0.848. The minimum Gasteiger partial charge on any atom is -0.481 e. The molecule has 0 bridgehead atoms. The maximum Gasteiger partial charge on any atom is 0.263 e. The zero-order valence-electron chi connectivity index (χ0n) is 12.5. The summed E-state index contributed by atoms with van der Waals surface area (Å²) < 4.78 is 11.2. The minimum absolute atomic E-state index is 0.0648. The van der Waals surface area contributed by atoms with Crippen molar-refractivity contribution in [2.24, 2.45) is 0 Å². The van der Waals surface area contributed by atoms with Crippen LogP contribution in [-0.4, -0.2) is 43.2 Å². The van der Waals surface area contributed by atoms with E-state index >= 15 is 0 Å². The van der Waals surface area contributed by atoms with Crippen molar-refractivity contribution in [2.75, 3.05) is 26.3 Å². The van der Waals surface area contributed by atoms with E-state index in [-0.39, 0.29) is 5.91 Å². The van der Waals surface area contributed by atoms with Crippen molar-refractivity contribution in [3.05, 3.63) is 29.3 Å². The molecule has 1 aromatic rings. The van der Waals surface area contributed by atoms with Crippen LogP contribution in [-0.2, 0) is 9.53 Å². The number of hydrogen-bond donors (Lipinski definition) is 0. The maximum atomic E-state index is 12.4. The van der Waals surface area contributed by atoms with E-state index in [1.165, 1.54) is 0 Å². The lowest BCUT2D eigenvalue weighted by Gasteiger charge is -2.30. The van der Waals surface area contributed by atoms with Crippen LogP contribution >= 0.6 is 0 Å². The van der Waals surface area contributed by atoms with E-state index < -0.39 is 6.10 Å². The molecule has 1 aliphatic heterocycles. The summed E-state index contributed by atoms with van der Waals surface area (Å²) in [7, 11) is 0. The molecule has 1 saturated heterocycles. The Bertz CT molecular complexity index is 447. The molecular formula is C16H23NO3. The molecule has 1 heterocycles. The molecule has 1 atom stereocenters. The summed E-state index contributed by atoms with van der Waals surface area (Å²) in [4.78, 5) is 14.3. The van der Waals surface area contributed by atoms with Crippen LogP contribution in [0.5, 0.6) is 5.75 Å². The second-order valence-corrected chi connectivity index (χ2v) is 5.28. The molecule has 1 amide bonds. The molecule has 1 aromatic carbocycles. The van der Waals surface area contributed by atoms with Gasteiger partial charge in [-0.3, -0.25) is 4.79 Å². The topological polar surface area (TPSA) is 38.8 Å². The molecule has 4 nitrogen and oxygen atoms in total. The molecular weight excluding hydrogens is 254 g/mol. The summed E-state index contributed by atoms with van der Waals surface area (Å²) in [5.74, 6) is 0.839. The molecule has 110 valence electrons. The van der Waals surface area contributed by atoms with Gasteiger partial charge >= 0.3 is 0 Å². The predicted octanol–water partition coefficient (Wildman–Crippen LogP) is 2.32. The zero-order chi connectivity index (χ0) is 14.5. The van der Waals surface area contributed by atoms with Gasteiger partial charge in [-0.15, -0.1) is 0 Å². The average molecular weight is 277 g/mol. The van der Waals surface area contributed by atoms with Gasteiger partial charge in [-0.05, 0) is 43.5 Å². The van der Waals surface area contributed by atoms with E-state index in [1.54, 1.807) is 0 Å². The smallest absolute Gasteiger partial charge is 0.263 e. The molecule has 0 N–H and O–H groups in total. The van der Waals surface area contributed by atoms with Crippen LogP contribution in [0.2, 0.25) is 0 Å². The summed E-state index contributed by atoms with van der Waals surface area (Å²) in [6.45, 7) is 8.59. The number of carbonyl (C=O) groups excluding carboxylic acids is 1. The Labute approximate surface area is 120 Å². The van der Waals surface area contributed by atoms with E-state index in [0.29, 0.717) is 32.7 Å². The summed E-state index contributed by atoms with van der Waals surface area (Å²) >= 11 is 0. The van der Waals surface area contributed by atoms with E-state index in [4.69, 9.17) is 9.47 Å². The summed E-state index contributed by atoms with van der Waals surface area (Å²) in [6.07, 6.45) is 0.262. The first kappa shape index (κ1) is 14.9. The highest BCUT2D eigenvalue weighted by Crippen LogP contribution is 2.19. The van der Waals surface area contributed by atoms with Gasteiger partial charge in [0.2, 0.25) is 0 Å². The van der Waals surface area contributed by atoms with Gasteiger partial charge < -0.3 is 14.4 Å². The number of amides is 1. The maximum absolute atomic E-state index is 12.4. The fourth-order valence-electron chi connectivity index (χ4n) is 2.46. The highest BCUT2D eigenvalue weighted by atomic mass is 16.5. The van der Waals surface area contributed by atoms with Gasteiger partial charge in [0.05, 0.1) is 13.2 Å². The highest BCUT2D eigenvalue weighted by molar-refractivity contribution is 5.81. The Balaban J connectivity index is 2.05. The second kappa shape index (κ2) is 6.75. The lowest BCUT2D eigenvalue weighted by Crippen LogP contribution is -2.47. The second-order valence-electron chi connectivity index (χ2n) is 5.28. The summed E-state index contributed by atoms with van der Waals surface area (Å²) in [6, 6.07) is 6.04. The molecule has 1 aliphatic rings. The van der Waals surface area contributed by atoms with Crippen molar-refractivity contribution in [3.8, 4) is 5.75 Å². The molecule has 4 heteroatoms. The molecule has 1 unspecified atom stereocenters. The molecule has 0 spiro atoms. The van der Waals surface area contributed by atoms with Crippen molar-refractivity contribution in [1.82, 2.24) is 4.90 Å². The third-order valence-corrected chi connectivity index (χ3v) is 3.44. The molecule has 1 fully saturated rings. The number of morpholine rings is 1. The van der Waals surface area contributed by atoms with Crippen LogP contribution in [0.15, 0.2) is 18.2 Å². The van der Waals surface area contributed by atoms with Crippen molar-refractivity contribution >= 4 is 5.91 Å². The molecule has 0 radical (unpaired) electrons. The first-order valence-electron chi connectivity index (χ1n) is 7.21.